The van der Waals surface area contributed by atoms with Crippen LogP contribution in [-0.2, 0) is 11.3 Å². The summed E-state index contributed by atoms with van der Waals surface area (Å²) in [6.45, 7) is 5.76. The molecule has 0 atom stereocenters. The second-order valence-corrected chi connectivity index (χ2v) is 6.04. The molecule has 0 spiro atoms. The van der Waals surface area contributed by atoms with Gasteiger partial charge in [0.15, 0.2) is 0 Å². The molecule has 2 rings (SSSR count). The van der Waals surface area contributed by atoms with E-state index in [1.165, 1.54) is 0 Å². The molecule has 6 heteroatoms. The van der Waals surface area contributed by atoms with Gasteiger partial charge >= 0.3 is 0 Å². The van der Waals surface area contributed by atoms with Crippen LogP contribution in [-0.4, -0.2) is 47.9 Å². The molecule has 1 amide bonds. The predicted octanol–water partition coefficient (Wildman–Crippen LogP) is 2.62. The van der Waals surface area contributed by atoms with Gasteiger partial charge in [-0.3, -0.25) is 9.69 Å². The SMILES string of the molecule is CCN(CC(=O)N(C)C)Cc1nc(-c2cccs2)oc1C. The van der Waals surface area contributed by atoms with Gasteiger partial charge in [-0.15, -0.1) is 11.3 Å². The molecule has 0 bridgehead atoms. The largest absolute Gasteiger partial charge is 0.440 e. The number of rotatable bonds is 6. The molecular formula is C15H21N3O2S. The lowest BCUT2D eigenvalue weighted by Crippen LogP contribution is -2.36. The molecule has 114 valence electrons. The van der Waals surface area contributed by atoms with Gasteiger partial charge in [-0.05, 0) is 24.9 Å². The van der Waals surface area contributed by atoms with Crippen molar-refractivity contribution in [1.29, 1.82) is 0 Å². The van der Waals surface area contributed by atoms with E-state index in [1.807, 2.05) is 31.4 Å². The van der Waals surface area contributed by atoms with Gasteiger partial charge < -0.3 is 9.32 Å². The number of aryl methyl sites for hydroxylation is 1. The molecule has 0 saturated carbocycles. The average Bonchev–Trinajstić information content (AvgIpc) is 3.08. The Bertz CT molecular complexity index is 590. The Kier molecular flexibility index (Phi) is 5.14. The quantitative estimate of drug-likeness (QED) is 0.823. The molecule has 0 fully saturated rings. The minimum atomic E-state index is 0.0940. The van der Waals surface area contributed by atoms with Gasteiger partial charge in [-0.25, -0.2) is 4.98 Å². The maximum Gasteiger partial charge on any atom is 0.236 e. The summed E-state index contributed by atoms with van der Waals surface area (Å²) in [6, 6.07) is 3.97. The molecule has 0 aliphatic rings. The minimum absolute atomic E-state index is 0.0940. The summed E-state index contributed by atoms with van der Waals surface area (Å²) >= 11 is 1.61. The second kappa shape index (κ2) is 6.87. The van der Waals surface area contributed by atoms with E-state index >= 15 is 0 Å². The molecule has 5 nitrogen and oxygen atoms in total. The van der Waals surface area contributed by atoms with E-state index in [1.54, 1.807) is 30.3 Å². The first-order valence-corrected chi connectivity index (χ1v) is 7.82. The van der Waals surface area contributed by atoms with Crippen LogP contribution in [0.2, 0.25) is 0 Å². The summed E-state index contributed by atoms with van der Waals surface area (Å²) in [5.41, 5.74) is 0.895. The van der Waals surface area contributed by atoms with Crippen molar-refractivity contribution < 1.29 is 9.21 Å². The summed E-state index contributed by atoms with van der Waals surface area (Å²) in [6.07, 6.45) is 0. The van der Waals surface area contributed by atoms with Crippen LogP contribution in [0, 0.1) is 6.92 Å². The fourth-order valence-electron chi connectivity index (χ4n) is 1.90. The van der Waals surface area contributed by atoms with Crippen LogP contribution in [0.1, 0.15) is 18.4 Å². The Labute approximate surface area is 129 Å². The number of thiophene rings is 1. The van der Waals surface area contributed by atoms with Gasteiger partial charge in [0.1, 0.15) is 5.76 Å². The molecule has 21 heavy (non-hydrogen) atoms. The van der Waals surface area contributed by atoms with E-state index in [0.29, 0.717) is 19.0 Å². The topological polar surface area (TPSA) is 49.6 Å². The summed E-state index contributed by atoms with van der Waals surface area (Å²) in [5, 5.41) is 2.00. The van der Waals surface area contributed by atoms with Crippen LogP contribution in [0.4, 0.5) is 0 Å². The number of amides is 1. The fourth-order valence-corrected chi connectivity index (χ4v) is 2.55. The molecule has 2 aromatic heterocycles. The third-order valence-corrected chi connectivity index (χ3v) is 4.16. The summed E-state index contributed by atoms with van der Waals surface area (Å²) in [4.78, 5) is 21.1. The van der Waals surface area contributed by atoms with Gasteiger partial charge in [0.25, 0.3) is 0 Å². The molecule has 0 aromatic carbocycles. The normalized spacial score (nSPS) is 11.1. The van der Waals surface area contributed by atoms with Crippen molar-refractivity contribution in [1.82, 2.24) is 14.8 Å². The first-order chi connectivity index (χ1) is 10.0. The zero-order valence-corrected chi connectivity index (χ0v) is 13.7. The number of aromatic nitrogens is 1. The number of nitrogens with zero attached hydrogens (tertiary/aromatic N) is 3. The maximum atomic E-state index is 11.8. The van der Waals surface area contributed by atoms with Crippen molar-refractivity contribution in [3.63, 3.8) is 0 Å². The van der Waals surface area contributed by atoms with Gasteiger partial charge in [0.05, 0.1) is 17.1 Å². The highest BCUT2D eigenvalue weighted by molar-refractivity contribution is 7.13. The van der Waals surface area contributed by atoms with E-state index in [4.69, 9.17) is 4.42 Å². The van der Waals surface area contributed by atoms with E-state index < -0.39 is 0 Å². The Morgan fingerprint density at radius 1 is 1.43 bits per heavy atom. The van der Waals surface area contributed by atoms with Crippen molar-refractivity contribution in [2.75, 3.05) is 27.2 Å². The summed E-state index contributed by atoms with van der Waals surface area (Å²) < 4.78 is 5.73. The monoisotopic (exact) mass is 307 g/mol. The van der Waals surface area contributed by atoms with Crippen LogP contribution in [0.5, 0.6) is 0 Å². The van der Waals surface area contributed by atoms with E-state index in [9.17, 15) is 4.79 Å². The Morgan fingerprint density at radius 2 is 2.19 bits per heavy atom. The number of carbonyl (C=O) groups excluding carboxylic acids is 1. The van der Waals surface area contributed by atoms with Gasteiger partial charge in [0, 0.05) is 20.6 Å². The molecule has 0 radical (unpaired) electrons. The number of carbonyl (C=O) groups is 1. The number of hydrogen-bond acceptors (Lipinski definition) is 5. The van der Waals surface area contributed by atoms with Crippen LogP contribution in [0.25, 0.3) is 10.8 Å². The average molecular weight is 307 g/mol. The number of likely N-dealkylation sites (N-methyl/N-ethyl adjacent to an activating group) is 2. The lowest BCUT2D eigenvalue weighted by atomic mass is 10.3. The first kappa shape index (κ1) is 15.7. The molecule has 2 heterocycles. The third-order valence-electron chi connectivity index (χ3n) is 3.30. The summed E-state index contributed by atoms with van der Waals surface area (Å²) in [5.74, 6) is 1.57. The zero-order valence-electron chi connectivity index (χ0n) is 12.9. The Hall–Kier alpha value is -1.66. The molecule has 2 aromatic rings. The first-order valence-electron chi connectivity index (χ1n) is 6.94. The van der Waals surface area contributed by atoms with Crippen molar-refractivity contribution in [2.45, 2.75) is 20.4 Å². The molecule has 0 aliphatic carbocycles. The predicted molar refractivity (Wildman–Crippen MR) is 84.2 cm³/mol. The zero-order chi connectivity index (χ0) is 15.4. The van der Waals surface area contributed by atoms with Crippen LogP contribution >= 0.6 is 11.3 Å². The van der Waals surface area contributed by atoms with Crippen molar-refractivity contribution >= 4 is 17.2 Å². The number of hydrogen-bond donors (Lipinski definition) is 0. The highest BCUT2D eigenvalue weighted by Gasteiger charge is 2.17. The second-order valence-electron chi connectivity index (χ2n) is 5.09. The smallest absolute Gasteiger partial charge is 0.236 e. The van der Waals surface area contributed by atoms with Crippen molar-refractivity contribution in [2.24, 2.45) is 0 Å². The lowest BCUT2D eigenvalue weighted by molar-refractivity contribution is -0.130. The lowest BCUT2D eigenvalue weighted by Gasteiger charge is -2.20. The van der Waals surface area contributed by atoms with Crippen LogP contribution in [0.15, 0.2) is 21.9 Å². The highest BCUT2D eigenvalue weighted by Crippen LogP contribution is 2.26. The fraction of sp³-hybridized carbons (Fsp3) is 0.467. The van der Waals surface area contributed by atoms with E-state index in [2.05, 4.69) is 9.88 Å². The minimum Gasteiger partial charge on any atom is -0.440 e. The van der Waals surface area contributed by atoms with Crippen LogP contribution in [0.3, 0.4) is 0 Å². The van der Waals surface area contributed by atoms with Gasteiger partial charge in [0.2, 0.25) is 11.8 Å². The van der Waals surface area contributed by atoms with Crippen molar-refractivity contribution in [3.8, 4) is 10.8 Å². The summed E-state index contributed by atoms with van der Waals surface area (Å²) in [7, 11) is 3.54. The van der Waals surface area contributed by atoms with Gasteiger partial charge in [-0.1, -0.05) is 13.0 Å². The molecule has 0 N–H and O–H groups in total. The molecule has 0 unspecified atom stereocenters. The van der Waals surface area contributed by atoms with E-state index in [0.717, 1.165) is 22.9 Å². The Morgan fingerprint density at radius 3 is 2.76 bits per heavy atom. The van der Waals surface area contributed by atoms with E-state index in [-0.39, 0.29) is 5.91 Å². The van der Waals surface area contributed by atoms with Gasteiger partial charge in [-0.2, -0.15) is 0 Å². The molecule has 0 saturated heterocycles. The maximum absolute atomic E-state index is 11.8. The standard InChI is InChI=1S/C15H21N3O2S/c1-5-18(10-14(19)17(3)4)9-12-11(2)20-15(16-12)13-7-6-8-21-13/h6-8H,5,9-10H2,1-4H3. The molecule has 0 aliphatic heterocycles. The van der Waals surface area contributed by atoms with Crippen LogP contribution < -0.4 is 0 Å². The van der Waals surface area contributed by atoms with Crippen molar-refractivity contribution in [3.05, 3.63) is 29.0 Å². The molecular weight excluding hydrogens is 286 g/mol. The number of oxazole rings is 1. The third kappa shape index (κ3) is 3.92. The highest BCUT2D eigenvalue weighted by atomic mass is 32.1. The Balaban J connectivity index is 2.09.